The van der Waals surface area contributed by atoms with Crippen molar-refractivity contribution in [3.63, 3.8) is 0 Å². The van der Waals surface area contributed by atoms with Crippen LogP contribution < -0.4 is 10.5 Å². The van der Waals surface area contributed by atoms with Gasteiger partial charge in [-0.2, -0.15) is 0 Å². The Kier molecular flexibility index (Phi) is 6.03. The second-order valence-corrected chi connectivity index (χ2v) is 5.80. The molecule has 1 aliphatic rings. The molecule has 0 radical (unpaired) electrons. The fourth-order valence-corrected chi connectivity index (χ4v) is 2.85. The number of methoxy groups -OCH3 is 1. The second kappa shape index (κ2) is 7.78. The summed E-state index contributed by atoms with van der Waals surface area (Å²) in [5.41, 5.74) is 8.41. The van der Waals surface area contributed by atoms with Gasteiger partial charge in [-0.05, 0) is 44.4 Å². The van der Waals surface area contributed by atoms with Crippen molar-refractivity contribution in [3.05, 3.63) is 29.3 Å². The van der Waals surface area contributed by atoms with Crippen LogP contribution in [0.5, 0.6) is 5.75 Å². The van der Waals surface area contributed by atoms with Gasteiger partial charge < -0.3 is 15.2 Å². The smallest absolute Gasteiger partial charge is 0.123 e. The molecule has 0 saturated carbocycles. The summed E-state index contributed by atoms with van der Waals surface area (Å²) in [6.45, 7) is 7.80. The molecule has 0 bridgehead atoms. The Balaban J connectivity index is 2.08. The van der Waals surface area contributed by atoms with Gasteiger partial charge in [0.2, 0.25) is 0 Å². The summed E-state index contributed by atoms with van der Waals surface area (Å²) in [7, 11) is 1.81. The molecule has 0 amide bonds. The highest BCUT2D eigenvalue weighted by molar-refractivity contribution is 5.38. The van der Waals surface area contributed by atoms with E-state index in [2.05, 4.69) is 23.1 Å². The molecule has 0 aliphatic carbocycles. The third kappa shape index (κ3) is 4.43. The Bertz CT molecular complexity index is 440. The number of rotatable bonds is 6. The molecule has 1 aromatic carbocycles. The van der Waals surface area contributed by atoms with E-state index in [-0.39, 0.29) is 6.04 Å². The molecule has 2 N–H and O–H groups in total. The van der Waals surface area contributed by atoms with Gasteiger partial charge in [0.1, 0.15) is 5.75 Å². The maximum absolute atomic E-state index is 6.01. The number of hydrogen-bond acceptors (Lipinski definition) is 4. The molecule has 2 rings (SSSR count). The minimum Gasteiger partial charge on any atom is -0.494 e. The van der Waals surface area contributed by atoms with E-state index < -0.39 is 0 Å². The third-order valence-electron chi connectivity index (χ3n) is 4.17. The molecule has 4 nitrogen and oxygen atoms in total. The molecule has 1 aliphatic heterocycles. The predicted molar refractivity (Wildman–Crippen MR) is 85.5 cm³/mol. The summed E-state index contributed by atoms with van der Waals surface area (Å²) in [5.74, 6) is 0.982. The first-order valence-corrected chi connectivity index (χ1v) is 7.90. The quantitative estimate of drug-likeness (QED) is 0.876. The average molecular weight is 292 g/mol. The average Bonchev–Trinajstić information content (AvgIpc) is 2.50. The van der Waals surface area contributed by atoms with Gasteiger partial charge in [-0.1, -0.05) is 6.07 Å². The minimum absolute atomic E-state index is 0.0543. The fourth-order valence-electron chi connectivity index (χ4n) is 2.85. The van der Waals surface area contributed by atoms with Crippen LogP contribution in [-0.4, -0.2) is 37.8 Å². The zero-order chi connectivity index (χ0) is 15.2. The number of ether oxygens (including phenoxy) is 2. The maximum Gasteiger partial charge on any atom is 0.123 e. The predicted octanol–water partition coefficient (Wildman–Crippen LogP) is 2.72. The van der Waals surface area contributed by atoms with E-state index in [9.17, 15) is 0 Å². The summed E-state index contributed by atoms with van der Waals surface area (Å²) >= 11 is 0. The van der Waals surface area contributed by atoms with Crippen molar-refractivity contribution in [1.29, 1.82) is 0 Å². The van der Waals surface area contributed by atoms with Crippen LogP contribution in [0.1, 0.15) is 43.9 Å². The van der Waals surface area contributed by atoms with E-state index in [4.69, 9.17) is 15.2 Å². The molecule has 1 atom stereocenters. The summed E-state index contributed by atoms with van der Waals surface area (Å²) < 4.78 is 11.2. The van der Waals surface area contributed by atoms with E-state index in [0.29, 0.717) is 12.7 Å². The van der Waals surface area contributed by atoms with Gasteiger partial charge in [-0.25, -0.2) is 0 Å². The number of likely N-dealkylation sites (tertiary alicyclic amines) is 1. The van der Waals surface area contributed by atoms with Gasteiger partial charge in [-0.15, -0.1) is 0 Å². The van der Waals surface area contributed by atoms with Crippen LogP contribution in [0.4, 0.5) is 0 Å². The molecule has 4 heteroatoms. The van der Waals surface area contributed by atoms with E-state index in [1.165, 1.54) is 11.1 Å². The molecular formula is C17H28N2O2. The molecule has 0 spiro atoms. The molecule has 1 saturated heterocycles. The highest BCUT2D eigenvalue weighted by Crippen LogP contribution is 2.26. The Morgan fingerprint density at radius 2 is 2.05 bits per heavy atom. The SMILES string of the molecule is CCOc1ccc(C(C)N)cc1CN1CCC(OC)CC1. The number of nitrogens with zero attached hydrogens (tertiary/aromatic N) is 1. The van der Waals surface area contributed by atoms with Gasteiger partial charge in [-0.3, -0.25) is 4.90 Å². The lowest BCUT2D eigenvalue weighted by Crippen LogP contribution is -2.36. The first kappa shape index (κ1) is 16.3. The standard InChI is InChI=1S/C17H28N2O2/c1-4-21-17-6-5-14(13(2)18)11-15(17)12-19-9-7-16(20-3)8-10-19/h5-6,11,13,16H,4,7-10,12,18H2,1-3H3. The van der Waals surface area contributed by atoms with E-state index in [1.807, 2.05) is 13.8 Å². The van der Waals surface area contributed by atoms with Crippen molar-refractivity contribution in [2.24, 2.45) is 5.73 Å². The van der Waals surface area contributed by atoms with Crippen molar-refractivity contribution in [2.75, 3.05) is 26.8 Å². The van der Waals surface area contributed by atoms with Crippen molar-refractivity contribution in [1.82, 2.24) is 4.90 Å². The van der Waals surface area contributed by atoms with Crippen molar-refractivity contribution < 1.29 is 9.47 Å². The van der Waals surface area contributed by atoms with E-state index >= 15 is 0 Å². The number of hydrogen-bond donors (Lipinski definition) is 1. The molecule has 118 valence electrons. The van der Waals surface area contributed by atoms with E-state index in [1.54, 1.807) is 7.11 Å². The second-order valence-electron chi connectivity index (χ2n) is 5.80. The van der Waals surface area contributed by atoms with Crippen LogP contribution in [0.3, 0.4) is 0 Å². The van der Waals surface area contributed by atoms with Crippen LogP contribution in [0.15, 0.2) is 18.2 Å². The Morgan fingerprint density at radius 3 is 2.62 bits per heavy atom. The Hall–Kier alpha value is -1.10. The summed E-state index contributed by atoms with van der Waals surface area (Å²) in [4.78, 5) is 2.47. The van der Waals surface area contributed by atoms with Crippen LogP contribution in [-0.2, 0) is 11.3 Å². The number of piperidine rings is 1. The van der Waals surface area contributed by atoms with Crippen LogP contribution in [0.25, 0.3) is 0 Å². The van der Waals surface area contributed by atoms with Gasteiger partial charge in [0.25, 0.3) is 0 Å². The summed E-state index contributed by atoms with van der Waals surface area (Å²) in [5, 5.41) is 0. The minimum atomic E-state index is 0.0543. The topological polar surface area (TPSA) is 47.7 Å². The van der Waals surface area contributed by atoms with Gasteiger partial charge >= 0.3 is 0 Å². The maximum atomic E-state index is 6.01. The normalized spacial score (nSPS) is 18.7. The first-order chi connectivity index (χ1) is 10.1. The third-order valence-corrected chi connectivity index (χ3v) is 4.17. The lowest BCUT2D eigenvalue weighted by Gasteiger charge is -2.31. The van der Waals surface area contributed by atoms with Crippen LogP contribution >= 0.6 is 0 Å². The van der Waals surface area contributed by atoms with Gasteiger partial charge in [0, 0.05) is 38.3 Å². The Labute approximate surface area is 128 Å². The fraction of sp³-hybridized carbons (Fsp3) is 0.647. The van der Waals surface area contributed by atoms with Crippen LogP contribution in [0, 0.1) is 0 Å². The molecule has 1 fully saturated rings. The van der Waals surface area contributed by atoms with Gasteiger partial charge in [0.05, 0.1) is 12.7 Å². The molecular weight excluding hydrogens is 264 g/mol. The molecule has 1 aromatic rings. The monoisotopic (exact) mass is 292 g/mol. The molecule has 0 aromatic heterocycles. The molecule has 1 unspecified atom stereocenters. The summed E-state index contributed by atoms with van der Waals surface area (Å²) in [6.07, 6.45) is 2.63. The summed E-state index contributed by atoms with van der Waals surface area (Å²) in [6, 6.07) is 6.37. The van der Waals surface area contributed by atoms with Crippen molar-refractivity contribution in [2.45, 2.75) is 45.4 Å². The van der Waals surface area contributed by atoms with Crippen molar-refractivity contribution in [3.8, 4) is 5.75 Å². The highest BCUT2D eigenvalue weighted by Gasteiger charge is 2.20. The molecule has 1 heterocycles. The Morgan fingerprint density at radius 1 is 1.33 bits per heavy atom. The van der Waals surface area contributed by atoms with E-state index in [0.717, 1.165) is 38.2 Å². The highest BCUT2D eigenvalue weighted by atomic mass is 16.5. The largest absolute Gasteiger partial charge is 0.494 e. The lowest BCUT2D eigenvalue weighted by molar-refractivity contribution is 0.0386. The number of nitrogens with two attached hydrogens (primary N) is 1. The molecule has 21 heavy (non-hydrogen) atoms. The van der Waals surface area contributed by atoms with Crippen LogP contribution in [0.2, 0.25) is 0 Å². The number of benzene rings is 1. The zero-order valence-corrected chi connectivity index (χ0v) is 13.5. The lowest BCUT2D eigenvalue weighted by atomic mass is 10.0. The van der Waals surface area contributed by atoms with Crippen molar-refractivity contribution >= 4 is 0 Å². The van der Waals surface area contributed by atoms with Gasteiger partial charge in [0.15, 0.2) is 0 Å². The zero-order valence-electron chi connectivity index (χ0n) is 13.5. The first-order valence-electron chi connectivity index (χ1n) is 7.90.